The van der Waals surface area contributed by atoms with E-state index in [1.165, 1.54) is 17.2 Å². The molecule has 3 heterocycles. The van der Waals surface area contributed by atoms with Gasteiger partial charge in [0.15, 0.2) is 11.5 Å². The summed E-state index contributed by atoms with van der Waals surface area (Å²) in [4.78, 5) is 50.7. The van der Waals surface area contributed by atoms with Crippen molar-refractivity contribution in [3.8, 4) is 0 Å². The van der Waals surface area contributed by atoms with E-state index in [4.69, 9.17) is 20.3 Å². The van der Waals surface area contributed by atoms with Crippen molar-refractivity contribution in [3.63, 3.8) is 0 Å². The summed E-state index contributed by atoms with van der Waals surface area (Å²) in [6.07, 6.45) is -1.01. The average Bonchev–Trinajstić information content (AvgIpc) is 3.13. The van der Waals surface area contributed by atoms with Gasteiger partial charge in [-0.2, -0.15) is 4.31 Å². The number of aromatic nitrogens is 4. The second-order valence-corrected chi connectivity index (χ2v) is 10.2. The van der Waals surface area contributed by atoms with Crippen LogP contribution in [0.3, 0.4) is 0 Å². The zero-order valence-electron chi connectivity index (χ0n) is 16.5. The van der Waals surface area contributed by atoms with Crippen molar-refractivity contribution in [2.75, 3.05) is 12.3 Å². The molecular formula is C10H14N5Na2O12P3. The van der Waals surface area contributed by atoms with E-state index in [1.807, 2.05) is 0 Å². The minimum Gasteiger partial charge on any atom is -0.789 e. The number of hydrogen-bond donors (Lipinski definition) is 4. The minimum absolute atomic E-state index is 0. The number of nitrogens with zero attached hydrogens (tertiary/aromatic N) is 4. The van der Waals surface area contributed by atoms with E-state index in [0.29, 0.717) is 0 Å². The van der Waals surface area contributed by atoms with E-state index in [1.54, 1.807) is 0 Å². The van der Waals surface area contributed by atoms with Gasteiger partial charge in [-0.25, -0.2) is 24.1 Å². The number of fused-ring (bicyclic) bond motifs is 1. The second-order valence-electron chi connectivity index (χ2n) is 5.86. The van der Waals surface area contributed by atoms with Gasteiger partial charge in [0.2, 0.25) is 0 Å². The van der Waals surface area contributed by atoms with Crippen LogP contribution in [0.1, 0.15) is 12.6 Å². The fourth-order valence-electron chi connectivity index (χ4n) is 2.60. The van der Waals surface area contributed by atoms with Crippen LogP contribution >= 0.6 is 23.5 Å². The van der Waals surface area contributed by atoms with Gasteiger partial charge in [-0.1, -0.05) is 0 Å². The van der Waals surface area contributed by atoms with Crippen LogP contribution in [-0.4, -0.2) is 53.2 Å². The van der Waals surface area contributed by atoms with Gasteiger partial charge in [0.25, 0.3) is 0 Å². The van der Waals surface area contributed by atoms with Crippen molar-refractivity contribution in [2.45, 2.75) is 24.9 Å². The van der Waals surface area contributed by atoms with Crippen LogP contribution in [0.15, 0.2) is 12.7 Å². The second kappa shape index (κ2) is 11.6. The molecule has 17 nitrogen and oxygen atoms in total. The van der Waals surface area contributed by atoms with Crippen molar-refractivity contribution in [3.05, 3.63) is 12.7 Å². The van der Waals surface area contributed by atoms with E-state index in [-0.39, 0.29) is 82.5 Å². The first-order chi connectivity index (χ1) is 13.8. The molecule has 0 aliphatic carbocycles. The van der Waals surface area contributed by atoms with Crippen LogP contribution < -0.4 is 74.6 Å². The van der Waals surface area contributed by atoms with E-state index in [0.717, 1.165) is 0 Å². The van der Waals surface area contributed by atoms with Gasteiger partial charge in [0.1, 0.15) is 24.2 Å². The number of aliphatic hydroxyl groups excluding tert-OH is 1. The summed E-state index contributed by atoms with van der Waals surface area (Å²) in [7, 11) is -17.2. The van der Waals surface area contributed by atoms with Gasteiger partial charge in [0.05, 0.1) is 26.9 Å². The zero-order chi connectivity index (χ0) is 22.3. The monoisotopic (exact) mass is 535 g/mol. The third-order valence-corrected chi connectivity index (χ3v) is 7.42. The van der Waals surface area contributed by atoms with E-state index < -0.39 is 48.5 Å². The Balaban J connectivity index is 0.00000256. The molecule has 0 radical (unpaired) electrons. The van der Waals surface area contributed by atoms with Crippen LogP contribution in [-0.2, 0) is 31.6 Å². The molecule has 168 valence electrons. The standard InChI is InChI=1S/C10H16N5O12P3.2Na/c11-9-8-10(13-3-12-9)15(4-14-8)7-1-5(16)6(25-7)2-24-30(23,26-28(17,18)19)27-29(20,21)22;;/h3-7,16H,1-2H2,(H2,11,12,13)(H2,17,18,19)(H2,20,21,22);;/q;2*+1/p-2/t5-,6+,7+;;/m0../s1. The number of imidazole rings is 1. The Bertz CT molecular complexity index is 1050. The summed E-state index contributed by atoms with van der Waals surface area (Å²) >= 11 is 0. The Morgan fingerprint density at radius 3 is 2.44 bits per heavy atom. The number of ether oxygens (including phenoxy) is 1. The van der Waals surface area contributed by atoms with Gasteiger partial charge in [0, 0.05) is 6.42 Å². The Labute approximate surface area is 223 Å². The first-order valence-corrected chi connectivity index (χ1v) is 12.2. The van der Waals surface area contributed by atoms with E-state index in [2.05, 4.69) is 28.1 Å². The van der Waals surface area contributed by atoms with Gasteiger partial charge in [-0.15, -0.1) is 0 Å². The van der Waals surface area contributed by atoms with Crippen LogP contribution in [0.2, 0.25) is 0 Å². The number of hydrogen-bond acceptors (Lipinski definition) is 14. The molecule has 0 spiro atoms. The van der Waals surface area contributed by atoms with Crippen molar-refractivity contribution in [1.29, 1.82) is 0 Å². The average molecular weight is 535 g/mol. The molecule has 1 aliphatic rings. The SMILES string of the molecule is Nc1ncnc2c1ncn2[C@H]1C[C@H](O)[C@@H](COP(=O)(OP(=O)([O-])[O-])OP(=O)(O)O)O1.[Na+].[Na+]. The Morgan fingerprint density at radius 2 is 1.84 bits per heavy atom. The van der Waals surface area contributed by atoms with Gasteiger partial charge in [-0.3, -0.25) is 13.4 Å². The molecule has 2 aromatic rings. The Hall–Kier alpha value is 0.680. The molecule has 0 bridgehead atoms. The van der Waals surface area contributed by atoms with Gasteiger partial charge in [-0.05, 0) is 0 Å². The van der Waals surface area contributed by atoms with E-state index in [9.17, 15) is 28.6 Å². The van der Waals surface area contributed by atoms with Crippen LogP contribution in [0.5, 0.6) is 0 Å². The number of rotatable bonds is 8. The maximum absolute atomic E-state index is 12.1. The first kappa shape index (κ1) is 30.7. The summed E-state index contributed by atoms with van der Waals surface area (Å²) in [5, 5.41) is 10.1. The molecule has 1 unspecified atom stereocenters. The Kier molecular flexibility index (Phi) is 11.1. The topological polar surface area (TPSA) is 265 Å². The summed E-state index contributed by atoms with van der Waals surface area (Å²) in [5.41, 5.74) is 6.23. The third-order valence-electron chi connectivity index (χ3n) is 3.70. The van der Waals surface area contributed by atoms with Crippen molar-refractivity contribution >= 4 is 40.4 Å². The minimum atomic E-state index is -6.03. The maximum atomic E-state index is 12.1. The summed E-state index contributed by atoms with van der Waals surface area (Å²) < 4.78 is 52.4. The molecule has 4 atom stereocenters. The largest absolute Gasteiger partial charge is 1.00 e. The molecule has 22 heteroatoms. The quantitative estimate of drug-likeness (QED) is 0.181. The van der Waals surface area contributed by atoms with Crippen LogP contribution in [0, 0.1) is 0 Å². The molecule has 3 rings (SSSR count). The molecule has 0 aromatic carbocycles. The molecule has 0 amide bonds. The first-order valence-electron chi connectivity index (χ1n) is 7.78. The van der Waals surface area contributed by atoms with Crippen molar-refractivity contribution in [1.82, 2.24) is 19.5 Å². The molecular weight excluding hydrogens is 521 g/mol. The molecule has 5 N–H and O–H groups in total. The van der Waals surface area contributed by atoms with E-state index >= 15 is 0 Å². The van der Waals surface area contributed by atoms with Crippen LogP contribution in [0.4, 0.5) is 5.82 Å². The fourth-order valence-corrected chi connectivity index (χ4v) is 5.71. The fraction of sp³-hybridized carbons (Fsp3) is 0.500. The van der Waals surface area contributed by atoms with Gasteiger partial charge >= 0.3 is 74.8 Å². The number of nitrogen functional groups attached to an aromatic ring is 1. The normalized spacial score (nSPS) is 23.3. The number of nitrogens with two attached hydrogens (primary N) is 1. The molecule has 1 fully saturated rings. The summed E-state index contributed by atoms with van der Waals surface area (Å²) in [6, 6.07) is 0. The van der Waals surface area contributed by atoms with Crippen molar-refractivity contribution in [2.24, 2.45) is 0 Å². The Morgan fingerprint density at radius 1 is 1.19 bits per heavy atom. The number of phosphoric acid groups is 3. The van der Waals surface area contributed by atoms with Gasteiger partial charge < -0.3 is 39.7 Å². The predicted octanol–water partition coefficient (Wildman–Crippen LogP) is -7.86. The number of aliphatic hydroxyl groups is 1. The third kappa shape index (κ3) is 8.12. The maximum Gasteiger partial charge on any atom is 1.00 e. The molecule has 1 aliphatic heterocycles. The molecule has 2 aromatic heterocycles. The molecule has 32 heavy (non-hydrogen) atoms. The molecule has 1 saturated heterocycles. The number of anilines is 1. The van der Waals surface area contributed by atoms with Crippen molar-refractivity contribution < 1.29 is 115 Å². The van der Waals surface area contributed by atoms with Crippen LogP contribution in [0.25, 0.3) is 11.2 Å². The summed E-state index contributed by atoms with van der Waals surface area (Å²) in [6.45, 7) is -0.918. The predicted molar refractivity (Wildman–Crippen MR) is 89.6 cm³/mol. The summed E-state index contributed by atoms with van der Waals surface area (Å²) in [5.74, 6) is 0.101. The molecule has 0 saturated carbocycles. The zero-order valence-corrected chi connectivity index (χ0v) is 23.2. The smallest absolute Gasteiger partial charge is 0.789 e.